The van der Waals surface area contributed by atoms with E-state index in [0.29, 0.717) is 17.0 Å². The maximum absolute atomic E-state index is 10.7. The van der Waals surface area contributed by atoms with Gasteiger partial charge in [-0.1, -0.05) is 24.6 Å². The van der Waals surface area contributed by atoms with Crippen molar-refractivity contribution in [2.75, 3.05) is 0 Å². The molecule has 0 saturated carbocycles. The highest BCUT2D eigenvalue weighted by Crippen LogP contribution is 2.27. The number of nitro benzene ring substituents is 1. The SMILES string of the molecule is CCC(N)Cc1c(Cl)cccc1[N+](=O)[O-]. The summed E-state index contributed by atoms with van der Waals surface area (Å²) in [4.78, 5) is 10.3. The molecule has 0 amide bonds. The molecule has 0 aliphatic carbocycles. The van der Waals surface area contributed by atoms with Crippen LogP contribution in [-0.2, 0) is 6.42 Å². The quantitative estimate of drug-likeness (QED) is 0.636. The van der Waals surface area contributed by atoms with Crippen molar-refractivity contribution in [1.82, 2.24) is 0 Å². The van der Waals surface area contributed by atoms with Crippen LogP contribution in [0, 0.1) is 10.1 Å². The summed E-state index contributed by atoms with van der Waals surface area (Å²) in [6, 6.07) is 4.57. The van der Waals surface area contributed by atoms with Crippen LogP contribution in [0.25, 0.3) is 0 Å². The third kappa shape index (κ3) is 2.91. The molecule has 0 saturated heterocycles. The van der Waals surface area contributed by atoms with Gasteiger partial charge in [0.1, 0.15) is 0 Å². The minimum Gasteiger partial charge on any atom is -0.327 e. The van der Waals surface area contributed by atoms with E-state index in [-0.39, 0.29) is 11.7 Å². The van der Waals surface area contributed by atoms with Gasteiger partial charge in [0.15, 0.2) is 0 Å². The van der Waals surface area contributed by atoms with Crippen LogP contribution in [-0.4, -0.2) is 11.0 Å². The van der Waals surface area contributed by atoms with E-state index in [9.17, 15) is 10.1 Å². The van der Waals surface area contributed by atoms with Gasteiger partial charge in [-0.25, -0.2) is 0 Å². The Morgan fingerprint density at radius 3 is 2.80 bits per heavy atom. The zero-order valence-corrected chi connectivity index (χ0v) is 9.20. The Morgan fingerprint density at radius 1 is 1.60 bits per heavy atom. The standard InChI is InChI=1S/C10H13ClN2O2/c1-2-7(12)6-8-9(11)4-3-5-10(8)13(14)15/h3-5,7H,2,6,12H2,1H3. The van der Waals surface area contributed by atoms with E-state index in [2.05, 4.69) is 0 Å². The number of halogens is 1. The largest absolute Gasteiger partial charge is 0.327 e. The zero-order chi connectivity index (χ0) is 11.4. The molecule has 0 radical (unpaired) electrons. The fourth-order valence-corrected chi connectivity index (χ4v) is 1.57. The molecule has 1 rings (SSSR count). The van der Waals surface area contributed by atoms with Crippen molar-refractivity contribution in [2.24, 2.45) is 5.73 Å². The fraction of sp³-hybridized carbons (Fsp3) is 0.400. The predicted octanol–water partition coefficient (Wildman–Crippen LogP) is 2.53. The minimum absolute atomic E-state index is 0.0476. The highest BCUT2D eigenvalue weighted by Gasteiger charge is 2.18. The molecule has 0 heterocycles. The molecule has 82 valence electrons. The maximum Gasteiger partial charge on any atom is 0.274 e. The topological polar surface area (TPSA) is 69.2 Å². The number of hydrogen-bond acceptors (Lipinski definition) is 3. The zero-order valence-electron chi connectivity index (χ0n) is 8.44. The minimum atomic E-state index is -0.427. The van der Waals surface area contributed by atoms with E-state index >= 15 is 0 Å². The van der Waals surface area contributed by atoms with Crippen LogP contribution in [0.5, 0.6) is 0 Å². The Hall–Kier alpha value is -1.13. The lowest BCUT2D eigenvalue weighted by atomic mass is 10.0. The average Bonchev–Trinajstić information content (AvgIpc) is 2.20. The highest BCUT2D eigenvalue weighted by atomic mass is 35.5. The summed E-state index contributed by atoms with van der Waals surface area (Å²) in [5, 5.41) is 11.2. The molecule has 0 fully saturated rings. The smallest absolute Gasteiger partial charge is 0.274 e. The third-order valence-corrected chi connectivity index (χ3v) is 2.64. The number of nitrogens with zero attached hydrogens (tertiary/aromatic N) is 1. The highest BCUT2D eigenvalue weighted by molar-refractivity contribution is 6.31. The van der Waals surface area contributed by atoms with Crippen LogP contribution >= 0.6 is 11.6 Å². The van der Waals surface area contributed by atoms with Gasteiger partial charge in [0, 0.05) is 17.7 Å². The number of nitrogens with two attached hydrogens (primary N) is 1. The van der Waals surface area contributed by atoms with E-state index in [0.717, 1.165) is 6.42 Å². The molecule has 2 N–H and O–H groups in total. The molecule has 0 spiro atoms. The van der Waals surface area contributed by atoms with E-state index in [1.165, 1.54) is 6.07 Å². The van der Waals surface area contributed by atoms with Gasteiger partial charge in [0.05, 0.1) is 9.95 Å². The molecule has 1 atom stereocenters. The first kappa shape index (κ1) is 11.9. The van der Waals surface area contributed by atoms with Crippen molar-refractivity contribution in [3.8, 4) is 0 Å². The van der Waals surface area contributed by atoms with Crippen molar-refractivity contribution in [3.05, 3.63) is 38.9 Å². The molecular weight excluding hydrogens is 216 g/mol. The van der Waals surface area contributed by atoms with Gasteiger partial charge in [-0.05, 0) is 18.9 Å². The van der Waals surface area contributed by atoms with Gasteiger partial charge < -0.3 is 5.73 Å². The van der Waals surface area contributed by atoms with Crippen LogP contribution in [0.3, 0.4) is 0 Å². The Morgan fingerprint density at radius 2 is 2.27 bits per heavy atom. The molecule has 0 aliphatic rings. The molecule has 15 heavy (non-hydrogen) atoms. The second-order valence-corrected chi connectivity index (χ2v) is 3.77. The van der Waals surface area contributed by atoms with E-state index in [1.807, 2.05) is 6.92 Å². The van der Waals surface area contributed by atoms with Gasteiger partial charge in [-0.3, -0.25) is 10.1 Å². The average molecular weight is 229 g/mol. The van der Waals surface area contributed by atoms with Crippen LogP contribution in [0.2, 0.25) is 5.02 Å². The molecule has 0 aromatic heterocycles. The van der Waals surface area contributed by atoms with Gasteiger partial charge >= 0.3 is 0 Å². The number of benzene rings is 1. The predicted molar refractivity (Wildman–Crippen MR) is 60.1 cm³/mol. The number of hydrogen-bond donors (Lipinski definition) is 1. The first-order valence-electron chi connectivity index (χ1n) is 4.73. The normalized spacial score (nSPS) is 12.5. The lowest BCUT2D eigenvalue weighted by molar-refractivity contribution is -0.385. The Balaban J connectivity index is 3.07. The first-order valence-corrected chi connectivity index (χ1v) is 5.11. The summed E-state index contributed by atoms with van der Waals surface area (Å²) in [5.74, 6) is 0. The van der Waals surface area contributed by atoms with Crippen molar-refractivity contribution >= 4 is 17.3 Å². The molecule has 1 aromatic rings. The molecule has 0 aliphatic heterocycles. The van der Waals surface area contributed by atoms with Crippen LogP contribution < -0.4 is 5.73 Å². The monoisotopic (exact) mass is 228 g/mol. The Kier molecular flexibility index (Phi) is 4.05. The summed E-state index contributed by atoms with van der Waals surface area (Å²) in [6.45, 7) is 1.94. The van der Waals surface area contributed by atoms with Gasteiger partial charge in [-0.2, -0.15) is 0 Å². The summed E-state index contributed by atoms with van der Waals surface area (Å²) in [7, 11) is 0. The third-order valence-electron chi connectivity index (χ3n) is 2.28. The van der Waals surface area contributed by atoms with Crippen LogP contribution in [0.4, 0.5) is 5.69 Å². The molecule has 1 aromatic carbocycles. The fourth-order valence-electron chi connectivity index (χ4n) is 1.33. The van der Waals surface area contributed by atoms with Gasteiger partial charge in [0.25, 0.3) is 5.69 Å². The summed E-state index contributed by atoms with van der Waals surface area (Å²) in [5.41, 5.74) is 6.34. The maximum atomic E-state index is 10.7. The molecule has 1 unspecified atom stereocenters. The molecular formula is C10H13ClN2O2. The first-order chi connectivity index (χ1) is 7.06. The number of nitro groups is 1. The molecule has 0 bridgehead atoms. The van der Waals surface area contributed by atoms with Crippen LogP contribution in [0.15, 0.2) is 18.2 Å². The summed E-state index contributed by atoms with van der Waals surface area (Å²) >= 11 is 5.91. The van der Waals surface area contributed by atoms with Crippen molar-refractivity contribution in [3.63, 3.8) is 0 Å². The molecule has 4 nitrogen and oxygen atoms in total. The van der Waals surface area contributed by atoms with Gasteiger partial charge in [-0.15, -0.1) is 0 Å². The van der Waals surface area contributed by atoms with Gasteiger partial charge in [0.2, 0.25) is 0 Å². The second-order valence-electron chi connectivity index (χ2n) is 3.37. The molecule has 5 heteroatoms. The van der Waals surface area contributed by atoms with E-state index < -0.39 is 4.92 Å². The Labute approximate surface area is 93.2 Å². The van der Waals surface area contributed by atoms with Crippen molar-refractivity contribution in [1.29, 1.82) is 0 Å². The van der Waals surface area contributed by atoms with Crippen molar-refractivity contribution < 1.29 is 4.92 Å². The number of rotatable bonds is 4. The van der Waals surface area contributed by atoms with Crippen molar-refractivity contribution in [2.45, 2.75) is 25.8 Å². The van der Waals surface area contributed by atoms with E-state index in [4.69, 9.17) is 17.3 Å². The van der Waals surface area contributed by atoms with Crippen LogP contribution in [0.1, 0.15) is 18.9 Å². The summed E-state index contributed by atoms with van der Waals surface area (Å²) < 4.78 is 0. The van der Waals surface area contributed by atoms with E-state index in [1.54, 1.807) is 12.1 Å². The lowest BCUT2D eigenvalue weighted by Crippen LogP contribution is -2.22. The Bertz CT molecular complexity index is 368. The lowest BCUT2D eigenvalue weighted by Gasteiger charge is -2.10. The second kappa shape index (κ2) is 5.09. The summed E-state index contributed by atoms with van der Waals surface area (Å²) in [6.07, 6.45) is 1.20.